The van der Waals surface area contributed by atoms with Crippen LogP contribution in [-0.4, -0.2) is 48.2 Å². The number of fused-ring (bicyclic) bond motifs is 3. The Balaban J connectivity index is 1.30. The van der Waals surface area contributed by atoms with Gasteiger partial charge in [-0.1, -0.05) is 37.1 Å². The van der Waals surface area contributed by atoms with Gasteiger partial charge in [-0.15, -0.1) is 0 Å². The number of esters is 1. The first-order valence-electron chi connectivity index (χ1n) is 12.6. The van der Waals surface area contributed by atoms with Crippen LogP contribution >= 0.6 is 0 Å². The maximum atomic E-state index is 13.4. The van der Waals surface area contributed by atoms with E-state index in [2.05, 4.69) is 6.08 Å². The zero-order chi connectivity index (χ0) is 24.5. The van der Waals surface area contributed by atoms with Crippen molar-refractivity contribution in [2.45, 2.75) is 38.5 Å². The van der Waals surface area contributed by atoms with Crippen LogP contribution in [0.2, 0.25) is 0 Å². The van der Waals surface area contributed by atoms with Crippen LogP contribution in [0.15, 0.2) is 42.5 Å². The average Bonchev–Trinajstić information content (AvgIpc) is 3.42. The van der Waals surface area contributed by atoms with Crippen LogP contribution < -0.4 is 9.47 Å². The number of pyridine rings is 1. The first-order chi connectivity index (χ1) is 17.7. The monoisotopic (exact) mass is 484 g/mol. The molecule has 7 nitrogen and oxygen atoms in total. The van der Waals surface area contributed by atoms with Crippen LogP contribution in [0.25, 0.3) is 22.6 Å². The van der Waals surface area contributed by atoms with Gasteiger partial charge < -0.3 is 19.1 Å². The second-order valence-corrected chi connectivity index (χ2v) is 9.48. The molecule has 36 heavy (non-hydrogen) atoms. The van der Waals surface area contributed by atoms with Crippen molar-refractivity contribution in [1.29, 1.82) is 0 Å². The lowest BCUT2D eigenvalue weighted by Crippen LogP contribution is -2.35. The van der Waals surface area contributed by atoms with Crippen molar-refractivity contribution in [3.63, 3.8) is 0 Å². The molecule has 3 aliphatic rings. The van der Waals surface area contributed by atoms with Gasteiger partial charge in [0.2, 0.25) is 6.79 Å². The molecule has 184 valence electrons. The van der Waals surface area contributed by atoms with E-state index in [1.165, 1.54) is 0 Å². The van der Waals surface area contributed by atoms with Crippen LogP contribution in [0.1, 0.15) is 59.3 Å². The van der Waals surface area contributed by atoms with E-state index in [4.69, 9.17) is 19.2 Å². The SMILES string of the molecule is O=C(OCC(=O)N1CCCCCC1)c1c2c(nc3ccccc13)C(=Cc1ccc3c(c1)OCO3)CC2. The van der Waals surface area contributed by atoms with E-state index in [9.17, 15) is 9.59 Å². The minimum absolute atomic E-state index is 0.122. The van der Waals surface area contributed by atoms with Crippen molar-refractivity contribution in [3.05, 3.63) is 64.8 Å². The molecular formula is C29H28N2O5. The Morgan fingerprint density at radius 2 is 1.78 bits per heavy atom. The molecule has 2 aromatic carbocycles. The van der Waals surface area contributed by atoms with Gasteiger partial charge in [0.25, 0.3) is 5.91 Å². The molecule has 0 atom stereocenters. The van der Waals surface area contributed by atoms with E-state index in [0.717, 1.165) is 90.0 Å². The van der Waals surface area contributed by atoms with Crippen molar-refractivity contribution < 1.29 is 23.8 Å². The molecule has 7 heteroatoms. The van der Waals surface area contributed by atoms with E-state index in [1.807, 2.05) is 47.4 Å². The van der Waals surface area contributed by atoms with E-state index in [1.54, 1.807) is 0 Å². The fourth-order valence-electron chi connectivity index (χ4n) is 5.33. The fraction of sp³-hybridized carbons (Fsp3) is 0.345. The second kappa shape index (κ2) is 9.64. The summed E-state index contributed by atoms with van der Waals surface area (Å²) >= 11 is 0. The molecule has 0 radical (unpaired) electrons. The lowest BCUT2D eigenvalue weighted by molar-refractivity contribution is -0.134. The van der Waals surface area contributed by atoms with Gasteiger partial charge in [0, 0.05) is 18.5 Å². The van der Waals surface area contributed by atoms with Gasteiger partial charge in [0.05, 0.1) is 16.8 Å². The van der Waals surface area contributed by atoms with Gasteiger partial charge in [0.1, 0.15) is 0 Å². The predicted molar refractivity (Wildman–Crippen MR) is 136 cm³/mol. The quantitative estimate of drug-likeness (QED) is 0.485. The third-order valence-electron chi connectivity index (χ3n) is 7.17. The molecule has 1 saturated heterocycles. The Bertz CT molecular complexity index is 1370. The molecule has 6 rings (SSSR count). The van der Waals surface area contributed by atoms with Gasteiger partial charge in [-0.3, -0.25) is 4.79 Å². The number of benzene rings is 2. The zero-order valence-corrected chi connectivity index (χ0v) is 20.1. The molecule has 3 aromatic rings. The minimum atomic E-state index is -0.461. The Hall–Kier alpha value is -3.87. The van der Waals surface area contributed by atoms with Gasteiger partial charge >= 0.3 is 5.97 Å². The molecule has 1 aliphatic carbocycles. The highest BCUT2D eigenvalue weighted by Crippen LogP contribution is 2.39. The molecule has 0 bridgehead atoms. The van der Waals surface area contributed by atoms with E-state index in [-0.39, 0.29) is 19.3 Å². The molecule has 0 spiro atoms. The molecule has 0 saturated carbocycles. The highest BCUT2D eigenvalue weighted by molar-refractivity contribution is 6.07. The summed E-state index contributed by atoms with van der Waals surface area (Å²) in [5.41, 5.74) is 5.01. The number of likely N-dealkylation sites (tertiary alicyclic amines) is 1. The van der Waals surface area contributed by atoms with Crippen LogP contribution in [0.4, 0.5) is 0 Å². The molecule has 0 unspecified atom stereocenters. The third kappa shape index (κ3) is 4.30. The molecule has 0 N–H and O–H groups in total. The second-order valence-electron chi connectivity index (χ2n) is 9.48. The lowest BCUT2D eigenvalue weighted by atomic mass is 10.0. The number of aromatic nitrogens is 1. The van der Waals surface area contributed by atoms with Crippen molar-refractivity contribution in [2.24, 2.45) is 0 Å². The standard InChI is InChI=1S/C29H28N2O5/c32-26(31-13-5-1-2-6-14-31)17-34-29(33)27-21-7-3-4-8-23(21)30-28-20(10-11-22(27)28)15-19-9-12-24-25(16-19)36-18-35-24/h3-4,7-9,12,15-16H,1-2,5-6,10-11,13-14,17-18H2. The molecule has 3 heterocycles. The summed E-state index contributed by atoms with van der Waals surface area (Å²) in [5.74, 6) is 0.890. The van der Waals surface area contributed by atoms with Gasteiger partial charge in [-0.25, -0.2) is 9.78 Å². The average molecular weight is 485 g/mol. The smallest absolute Gasteiger partial charge is 0.339 e. The topological polar surface area (TPSA) is 78.0 Å². The summed E-state index contributed by atoms with van der Waals surface area (Å²) in [4.78, 5) is 32.9. The summed E-state index contributed by atoms with van der Waals surface area (Å²) in [5, 5.41) is 0.757. The first kappa shape index (κ1) is 22.6. The summed E-state index contributed by atoms with van der Waals surface area (Å²) < 4.78 is 16.6. The number of ether oxygens (including phenoxy) is 3. The lowest BCUT2D eigenvalue weighted by Gasteiger charge is -2.20. The molecule has 1 amide bonds. The Labute approximate surface area is 209 Å². The molecule has 2 aliphatic heterocycles. The van der Waals surface area contributed by atoms with Crippen molar-refractivity contribution in [3.8, 4) is 11.5 Å². The highest BCUT2D eigenvalue weighted by atomic mass is 16.7. The number of hydrogen-bond donors (Lipinski definition) is 0. The van der Waals surface area contributed by atoms with E-state index < -0.39 is 5.97 Å². The van der Waals surface area contributed by atoms with Gasteiger partial charge in [-0.2, -0.15) is 0 Å². The van der Waals surface area contributed by atoms with Gasteiger partial charge in [0.15, 0.2) is 18.1 Å². The van der Waals surface area contributed by atoms with Crippen molar-refractivity contribution in [1.82, 2.24) is 9.88 Å². The van der Waals surface area contributed by atoms with E-state index in [0.29, 0.717) is 12.0 Å². The van der Waals surface area contributed by atoms with Crippen LogP contribution in [0.3, 0.4) is 0 Å². The summed E-state index contributed by atoms with van der Waals surface area (Å²) in [6.07, 6.45) is 7.82. The summed E-state index contributed by atoms with van der Waals surface area (Å²) in [6, 6.07) is 13.5. The Kier molecular flexibility index (Phi) is 6.05. The van der Waals surface area contributed by atoms with Gasteiger partial charge in [-0.05, 0) is 66.7 Å². The number of carbonyl (C=O) groups is 2. The number of amides is 1. The Morgan fingerprint density at radius 1 is 0.972 bits per heavy atom. The number of carbonyl (C=O) groups excluding carboxylic acids is 2. The first-order valence-corrected chi connectivity index (χ1v) is 12.6. The zero-order valence-electron chi connectivity index (χ0n) is 20.1. The number of hydrogen-bond acceptors (Lipinski definition) is 6. The molecule has 1 fully saturated rings. The highest BCUT2D eigenvalue weighted by Gasteiger charge is 2.28. The number of nitrogens with zero attached hydrogens (tertiary/aromatic N) is 2. The molecular weight excluding hydrogens is 456 g/mol. The van der Waals surface area contributed by atoms with Crippen LogP contribution in [0.5, 0.6) is 11.5 Å². The van der Waals surface area contributed by atoms with Crippen molar-refractivity contribution >= 4 is 34.4 Å². The fourth-order valence-corrected chi connectivity index (χ4v) is 5.33. The number of allylic oxidation sites excluding steroid dienone is 1. The minimum Gasteiger partial charge on any atom is -0.454 e. The largest absolute Gasteiger partial charge is 0.454 e. The van der Waals surface area contributed by atoms with E-state index >= 15 is 0 Å². The van der Waals surface area contributed by atoms with Crippen LogP contribution in [-0.2, 0) is 16.0 Å². The van der Waals surface area contributed by atoms with Crippen molar-refractivity contribution in [2.75, 3.05) is 26.5 Å². The van der Waals surface area contributed by atoms with Crippen LogP contribution in [0, 0.1) is 0 Å². The maximum absolute atomic E-state index is 13.4. The normalized spacial score (nSPS) is 17.8. The summed E-state index contributed by atoms with van der Waals surface area (Å²) in [6.45, 7) is 1.47. The molecule has 1 aromatic heterocycles. The number of para-hydroxylation sites is 1. The number of rotatable bonds is 4. The third-order valence-corrected chi connectivity index (χ3v) is 7.17. The maximum Gasteiger partial charge on any atom is 0.339 e. The summed E-state index contributed by atoms with van der Waals surface area (Å²) in [7, 11) is 0. The predicted octanol–water partition coefficient (Wildman–Crippen LogP) is 5.01. The Morgan fingerprint density at radius 3 is 2.64 bits per heavy atom.